The van der Waals surface area contributed by atoms with Gasteiger partial charge < -0.3 is 10.1 Å². The highest BCUT2D eigenvalue weighted by Crippen LogP contribution is 2.22. The second-order valence-electron chi connectivity index (χ2n) is 4.03. The van der Waals surface area contributed by atoms with Crippen molar-refractivity contribution in [2.45, 2.75) is 25.3 Å². The van der Waals surface area contributed by atoms with Crippen molar-refractivity contribution < 1.29 is 9.13 Å². The summed E-state index contributed by atoms with van der Waals surface area (Å²) >= 11 is 3.22. The number of hydrogen-bond donors (Lipinski definition) is 1. The minimum absolute atomic E-state index is 0.315. The Balaban J connectivity index is 1.88. The minimum Gasteiger partial charge on any atom is -0.489 e. The summed E-state index contributed by atoms with van der Waals surface area (Å²) in [6, 6.07) is 5.22. The van der Waals surface area contributed by atoms with Gasteiger partial charge in [-0.3, -0.25) is 0 Å². The molecule has 0 saturated carbocycles. The third kappa shape index (κ3) is 3.19. The average Bonchev–Trinajstić information content (AvgIpc) is 2.29. The van der Waals surface area contributed by atoms with Crippen LogP contribution in [0.3, 0.4) is 0 Å². The Morgan fingerprint density at radius 3 is 3.00 bits per heavy atom. The van der Waals surface area contributed by atoms with Crippen LogP contribution < -0.4 is 10.1 Å². The van der Waals surface area contributed by atoms with Crippen LogP contribution in [0.4, 0.5) is 4.39 Å². The van der Waals surface area contributed by atoms with E-state index in [9.17, 15) is 4.39 Å². The summed E-state index contributed by atoms with van der Waals surface area (Å²) < 4.78 is 19.6. The van der Waals surface area contributed by atoms with Crippen molar-refractivity contribution in [1.29, 1.82) is 0 Å². The number of benzene rings is 1. The summed E-state index contributed by atoms with van der Waals surface area (Å²) in [6.45, 7) is 1.58. The first-order valence-electron chi connectivity index (χ1n) is 5.57. The third-order valence-corrected chi connectivity index (χ3v) is 3.24. The molecule has 0 aromatic heterocycles. The molecule has 4 heteroatoms. The van der Waals surface area contributed by atoms with Gasteiger partial charge >= 0.3 is 0 Å². The van der Waals surface area contributed by atoms with E-state index in [1.165, 1.54) is 18.9 Å². The van der Waals surface area contributed by atoms with E-state index < -0.39 is 0 Å². The van der Waals surface area contributed by atoms with E-state index in [4.69, 9.17) is 4.74 Å². The van der Waals surface area contributed by atoms with Gasteiger partial charge in [0.25, 0.3) is 0 Å². The monoisotopic (exact) mass is 287 g/mol. The molecule has 1 aliphatic heterocycles. The van der Waals surface area contributed by atoms with Crippen LogP contribution >= 0.6 is 15.9 Å². The second-order valence-corrected chi connectivity index (χ2v) is 4.95. The van der Waals surface area contributed by atoms with E-state index in [1.807, 2.05) is 0 Å². The van der Waals surface area contributed by atoms with Gasteiger partial charge in [-0.2, -0.15) is 0 Å². The molecule has 0 spiro atoms. The first kappa shape index (κ1) is 11.9. The normalized spacial score (nSPS) is 20.8. The molecule has 1 fully saturated rings. The topological polar surface area (TPSA) is 21.3 Å². The predicted molar refractivity (Wildman–Crippen MR) is 65.2 cm³/mol. The number of halogens is 2. The summed E-state index contributed by atoms with van der Waals surface area (Å²) in [5.74, 6) is 0.0146. The molecule has 2 rings (SSSR count). The largest absolute Gasteiger partial charge is 0.489 e. The Morgan fingerprint density at radius 2 is 2.31 bits per heavy atom. The maximum atomic E-state index is 13.4. The fourth-order valence-electron chi connectivity index (χ4n) is 1.85. The SMILES string of the molecule is Fc1cc(Br)ccc1OCC1CCCCN1. The number of nitrogens with one attached hydrogen (secondary N) is 1. The molecule has 0 radical (unpaired) electrons. The van der Waals surface area contributed by atoms with E-state index in [0.29, 0.717) is 18.4 Å². The minimum atomic E-state index is -0.315. The van der Waals surface area contributed by atoms with E-state index in [-0.39, 0.29) is 5.82 Å². The van der Waals surface area contributed by atoms with Crippen molar-refractivity contribution in [2.75, 3.05) is 13.2 Å². The molecule has 0 aliphatic carbocycles. The summed E-state index contributed by atoms with van der Waals surface area (Å²) in [5.41, 5.74) is 0. The molecule has 1 aromatic rings. The maximum absolute atomic E-state index is 13.4. The van der Waals surface area contributed by atoms with Crippen LogP contribution in [0, 0.1) is 5.82 Å². The highest BCUT2D eigenvalue weighted by Gasteiger charge is 2.14. The molecule has 1 atom stereocenters. The van der Waals surface area contributed by atoms with Crippen molar-refractivity contribution in [2.24, 2.45) is 0 Å². The van der Waals surface area contributed by atoms with Gasteiger partial charge in [-0.25, -0.2) is 4.39 Å². The second kappa shape index (κ2) is 5.64. The van der Waals surface area contributed by atoms with Gasteiger partial charge in [0.05, 0.1) is 0 Å². The van der Waals surface area contributed by atoms with E-state index in [2.05, 4.69) is 21.2 Å². The molecular weight excluding hydrogens is 273 g/mol. The Labute approximate surface area is 103 Å². The zero-order chi connectivity index (χ0) is 11.4. The average molecular weight is 288 g/mol. The lowest BCUT2D eigenvalue weighted by molar-refractivity contribution is 0.231. The highest BCUT2D eigenvalue weighted by atomic mass is 79.9. The number of piperidine rings is 1. The fourth-order valence-corrected chi connectivity index (χ4v) is 2.18. The molecule has 1 aliphatic rings. The van der Waals surface area contributed by atoms with Gasteiger partial charge in [-0.1, -0.05) is 22.4 Å². The first-order chi connectivity index (χ1) is 7.75. The molecule has 0 amide bonds. The molecule has 1 saturated heterocycles. The fraction of sp³-hybridized carbons (Fsp3) is 0.500. The number of ether oxygens (including phenoxy) is 1. The van der Waals surface area contributed by atoms with Crippen LogP contribution in [0.2, 0.25) is 0 Å². The zero-order valence-corrected chi connectivity index (χ0v) is 10.6. The molecule has 1 unspecified atom stereocenters. The van der Waals surface area contributed by atoms with Gasteiger partial charge in [-0.15, -0.1) is 0 Å². The molecule has 88 valence electrons. The van der Waals surface area contributed by atoms with E-state index in [1.54, 1.807) is 12.1 Å². The van der Waals surface area contributed by atoms with E-state index >= 15 is 0 Å². The van der Waals surface area contributed by atoms with Gasteiger partial charge in [0.15, 0.2) is 11.6 Å². The maximum Gasteiger partial charge on any atom is 0.166 e. The Morgan fingerprint density at radius 1 is 1.44 bits per heavy atom. The zero-order valence-electron chi connectivity index (χ0n) is 9.01. The summed E-state index contributed by atoms with van der Waals surface area (Å²) in [4.78, 5) is 0. The lowest BCUT2D eigenvalue weighted by Gasteiger charge is -2.23. The quantitative estimate of drug-likeness (QED) is 0.922. The van der Waals surface area contributed by atoms with Crippen molar-refractivity contribution in [1.82, 2.24) is 5.32 Å². The van der Waals surface area contributed by atoms with Gasteiger partial charge in [0.1, 0.15) is 6.61 Å². The van der Waals surface area contributed by atoms with Crippen LogP contribution in [0.1, 0.15) is 19.3 Å². The molecular formula is C12H15BrFNO. The first-order valence-corrected chi connectivity index (χ1v) is 6.36. The molecule has 0 bridgehead atoms. The Kier molecular flexibility index (Phi) is 4.18. The lowest BCUT2D eigenvalue weighted by Crippen LogP contribution is -2.38. The third-order valence-electron chi connectivity index (χ3n) is 2.75. The van der Waals surface area contributed by atoms with Crippen molar-refractivity contribution in [3.05, 3.63) is 28.5 Å². The van der Waals surface area contributed by atoms with Crippen LogP contribution in [-0.4, -0.2) is 19.2 Å². The Bertz CT molecular complexity index is 353. The predicted octanol–water partition coefficient (Wildman–Crippen LogP) is 3.11. The molecule has 2 nitrogen and oxygen atoms in total. The summed E-state index contributed by atoms with van der Waals surface area (Å²) in [5, 5.41) is 3.36. The smallest absolute Gasteiger partial charge is 0.166 e. The standard InChI is InChI=1S/C12H15BrFNO/c13-9-4-5-12(11(14)7-9)16-8-10-3-1-2-6-15-10/h4-5,7,10,15H,1-3,6,8H2. The molecule has 1 heterocycles. The van der Waals surface area contributed by atoms with Gasteiger partial charge in [-0.05, 0) is 37.6 Å². The molecule has 1 N–H and O–H groups in total. The summed E-state index contributed by atoms with van der Waals surface area (Å²) in [6.07, 6.45) is 3.56. The van der Waals surface area contributed by atoms with Gasteiger partial charge in [0, 0.05) is 10.5 Å². The van der Waals surface area contributed by atoms with Crippen molar-refractivity contribution in [3.63, 3.8) is 0 Å². The molecule has 16 heavy (non-hydrogen) atoms. The van der Waals surface area contributed by atoms with Crippen molar-refractivity contribution >= 4 is 15.9 Å². The van der Waals surface area contributed by atoms with Gasteiger partial charge in [0.2, 0.25) is 0 Å². The Hall–Kier alpha value is -0.610. The number of hydrogen-bond acceptors (Lipinski definition) is 2. The lowest BCUT2D eigenvalue weighted by atomic mass is 10.1. The van der Waals surface area contributed by atoms with Crippen molar-refractivity contribution in [3.8, 4) is 5.75 Å². The van der Waals surface area contributed by atoms with E-state index in [0.717, 1.165) is 17.4 Å². The molecule has 1 aromatic carbocycles. The van der Waals surface area contributed by atoms with Crippen LogP contribution in [-0.2, 0) is 0 Å². The van der Waals surface area contributed by atoms with Crippen LogP contribution in [0.25, 0.3) is 0 Å². The highest BCUT2D eigenvalue weighted by molar-refractivity contribution is 9.10. The number of rotatable bonds is 3. The summed E-state index contributed by atoms with van der Waals surface area (Å²) in [7, 11) is 0. The van der Waals surface area contributed by atoms with Crippen LogP contribution in [0.15, 0.2) is 22.7 Å². The van der Waals surface area contributed by atoms with Crippen LogP contribution in [0.5, 0.6) is 5.75 Å².